The molecular formula is C65H58N10O12S3. The van der Waals surface area contributed by atoms with Crippen molar-refractivity contribution in [3.8, 4) is 0 Å². The molecule has 90 heavy (non-hydrogen) atoms. The highest BCUT2D eigenvalue weighted by atomic mass is 32.3. The van der Waals surface area contributed by atoms with Crippen molar-refractivity contribution in [2.45, 2.75) is 61.8 Å². The zero-order valence-corrected chi connectivity index (χ0v) is 51.0. The standard InChI is InChI=1S/C37H33N5O8S2.C28H25N5O4S/c1-3-49-37(44)33-34(32-26(2)39-25-40-35(32)41(36(33)43)50-24-28-13-7-4-8-14-28)38-23-27-19-21-29(22-20-27)42(51(45,46)30-15-9-5-10-16-30)52(47,48)31-17-11-6-12-18-31;1-20-27-25(16-26(34)33(28(27)31-19-30-20)37-18-22-8-4-2-5-9-22)29-17-21-12-14-23(15-13-21)32-38(35,36)24-10-6-3-7-11-24/h4-22,25,38H,3,23-24H2,1-2H3;2-16,19,29,32H,17-18H2,1H3. The number of fused-ring (bicyclic) bond motifs is 2. The van der Waals surface area contributed by atoms with E-state index in [1.165, 1.54) is 108 Å². The van der Waals surface area contributed by atoms with E-state index >= 15 is 0 Å². The topological polar surface area (TPSA) is 282 Å². The summed E-state index contributed by atoms with van der Waals surface area (Å²) in [6, 6.07) is 55.7. The molecule has 22 nitrogen and oxygen atoms in total. The molecule has 0 fully saturated rings. The van der Waals surface area contributed by atoms with Crippen molar-refractivity contribution in [3.05, 3.63) is 279 Å². The van der Waals surface area contributed by atoms with Crippen molar-refractivity contribution in [1.82, 2.24) is 29.4 Å². The minimum atomic E-state index is -4.59. The zero-order chi connectivity index (χ0) is 63.4. The summed E-state index contributed by atoms with van der Waals surface area (Å²) in [5.41, 5.74) is 4.30. The van der Waals surface area contributed by atoms with Crippen LogP contribution in [0.2, 0.25) is 0 Å². The van der Waals surface area contributed by atoms with Gasteiger partial charge in [-0.05, 0) is 104 Å². The third kappa shape index (κ3) is 14.0. The number of ether oxygens (including phenoxy) is 1. The van der Waals surface area contributed by atoms with Gasteiger partial charge < -0.3 is 25.0 Å². The highest BCUT2D eigenvalue weighted by molar-refractivity contribution is 8.10. The lowest BCUT2D eigenvalue weighted by molar-refractivity contribution is 0.0513. The van der Waals surface area contributed by atoms with E-state index in [1.807, 2.05) is 79.7 Å². The molecule has 0 bridgehead atoms. The number of sulfonamides is 3. The molecular weight excluding hydrogens is 1210 g/mol. The Morgan fingerprint density at radius 3 is 1.47 bits per heavy atom. The van der Waals surface area contributed by atoms with Crippen LogP contribution in [-0.2, 0) is 61.1 Å². The predicted octanol–water partition coefficient (Wildman–Crippen LogP) is 9.24. The lowest BCUT2D eigenvalue weighted by atomic mass is 10.1. The van der Waals surface area contributed by atoms with Crippen molar-refractivity contribution in [2.24, 2.45) is 0 Å². The van der Waals surface area contributed by atoms with Crippen LogP contribution in [0, 0.1) is 13.8 Å². The van der Waals surface area contributed by atoms with Gasteiger partial charge in [-0.3, -0.25) is 14.3 Å². The molecule has 11 aromatic rings. The van der Waals surface area contributed by atoms with E-state index in [0.29, 0.717) is 55.0 Å². The molecule has 458 valence electrons. The minimum Gasteiger partial charge on any atom is -0.462 e. The number of rotatable bonds is 22. The number of benzene rings is 7. The molecule has 0 radical (unpaired) electrons. The van der Waals surface area contributed by atoms with Gasteiger partial charge in [0.05, 0.1) is 60.5 Å². The summed E-state index contributed by atoms with van der Waals surface area (Å²) < 4.78 is 91.1. The summed E-state index contributed by atoms with van der Waals surface area (Å²) in [6.45, 7) is 5.79. The Kier molecular flexibility index (Phi) is 19.0. The monoisotopic (exact) mass is 1270 g/mol. The fourth-order valence-corrected chi connectivity index (χ4v) is 14.2. The number of nitrogens with zero attached hydrogens (tertiary/aromatic N) is 7. The van der Waals surface area contributed by atoms with Crippen molar-refractivity contribution < 1.29 is 44.5 Å². The summed E-state index contributed by atoms with van der Waals surface area (Å²) in [6.07, 6.45) is 2.68. The molecule has 0 unspecified atom stereocenters. The van der Waals surface area contributed by atoms with Crippen LogP contribution in [-0.4, -0.2) is 67.2 Å². The lowest BCUT2D eigenvalue weighted by Gasteiger charge is -2.24. The lowest BCUT2D eigenvalue weighted by Crippen LogP contribution is -2.37. The van der Waals surface area contributed by atoms with E-state index < -0.39 is 41.6 Å². The molecule has 0 spiro atoms. The van der Waals surface area contributed by atoms with E-state index in [-0.39, 0.29) is 69.2 Å². The minimum absolute atomic E-state index is 0.000630. The Hall–Kier alpha value is -10.8. The van der Waals surface area contributed by atoms with Gasteiger partial charge in [-0.2, -0.15) is 3.71 Å². The summed E-state index contributed by atoms with van der Waals surface area (Å²) in [5.74, 6) is -0.888. The van der Waals surface area contributed by atoms with Crippen molar-refractivity contribution in [1.29, 1.82) is 0 Å². The van der Waals surface area contributed by atoms with Crippen molar-refractivity contribution in [2.75, 3.05) is 25.7 Å². The first-order valence-electron chi connectivity index (χ1n) is 27.9. The number of esters is 1. The van der Waals surface area contributed by atoms with Gasteiger partial charge in [-0.15, -0.1) is 9.46 Å². The predicted molar refractivity (Wildman–Crippen MR) is 341 cm³/mol. The number of pyridine rings is 2. The fraction of sp³-hybridized carbons (Fsp3) is 0.123. The number of aryl methyl sites for hydroxylation is 2. The Bertz CT molecular complexity index is 4760. The van der Waals surface area contributed by atoms with Crippen LogP contribution < -0.4 is 39.9 Å². The molecule has 0 aliphatic heterocycles. The van der Waals surface area contributed by atoms with Crippen molar-refractivity contribution in [3.63, 3.8) is 0 Å². The van der Waals surface area contributed by atoms with Crippen LogP contribution in [0.1, 0.15) is 50.9 Å². The Balaban J connectivity index is 0.000000208. The average Bonchev–Trinajstić information content (AvgIpc) is 0.774. The average molecular weight is 1270 g/mol. The zero-order valence-electron chi connectivity index (χ0n) is 48.6. The molecule has 0 amide bonds. The molecule has 7 aromatic carbocycles. The second-order valence-electron chi connectivity index (χ2n) is 19.9. The molecule has 0 aliphatic carbocycles. The van der Waals surface area contributed by atoms with Gasteiger partial charge in [0.25, 0.3) is 35.6 Å². The van der Waals surface area contributed by atoms with Crippen LogP contribution in [0.25, 0.3) is 22.1 Å². The first-order chi connectivity index (χ1) is 43.4. The van der Waals surface area contributed by atoms with Gasteiger partial charge in [0, 0.05) is 24.8 Å². The number of aromatic nitrogens is 6. The number of anilines is 4. The van der Waals surface area contributed by atoms with Gasteiger partial charge in [0.1, 0.15) is 25.9 Å². The molecule has 3 N–H and O–H groups in total. The van der Waals surface area contributed by atoms with Crippen LogP contribution in [0.4, 0.5) is 22.7 Å². The normalized spacial score (nSPS) is 11.5. The van der Waals surface area contributed by atoms with Gasteiger partial charge in [0.15, 0.2) is 16.9 Å². The molecule has 0 saturated carbocycles. The summed E-state index contributed by atoms with van der Waals surface area (Å²) in [4.78, 5) is 69.0. The number of nitrogens with one attached hydrogen (secondary N) is 3. The van der Waals surface area contributed by atoms with Gasteiger partial charge in [0.2, 0.25) is 0 Å². The second kappa shape index (κ2) is 27.5. The molecule has 4 aromatic heterocycles. The number of hydrogen-bond acceptors (Lipinski definition) is 18. The third-order valence-corrected chi connectivity index (χ3v) is 19.4. The molecule has 25 heteroatoms. The maximum Gasteiger partial charge on any atom is 0.346 e. The van der Waals surface area contributed by atoms with E-state index in [9.17, 15) is 39.6 Å². The van der Waals surface area contributed by atoms with E-state index in [1.54, 1.807) is 56.3 Å². The first kappa shape index (κ1) is 62.3. The summed E-state index contributed by atoms with van der Waals surface area (Å²) in [5, 5.41) is 7.46. The van der Waals surface area contributed by atoms with Crippen molar-refractivity contribution >= 4 is 80.9 Å². The third-order valence-electron chi connectivity index (χ3n) is 13.8. The Morgan fingerprint density at radius 1 is 0.511 bits per heavy atom. The van der Waals surface area contributed by atoms with Crippen LogP contribution in [0.5, 0.6) is 0 Å². The van der Waals surface area contributed by atoms with E-state index in [4.69, 9.17) is 14.4 Å². The number of hydrogen-bond donors (Lipinski definition) is 3. The van der Waals surface area contributed by atoms with Crippen LogP contribution in [0.3, 0.4) is 0 Å². The maximum absolute atomic E-state index is 13.9. The maximum atomic E-state index is 13.9. The second-order valence-corrected chi connectivity index (χ2v) is 25.4. The quantitative estimate of drug-likeness (QED) is 0.0533. The first-order valence-corrected chi connectivity index (χ1v) is 32.2. The summed E-state index contributed by atoms with van der Waals surface area (Å²) >= 11 is 0. The molecule has 11 rings (SSSR count). The summed E-state index contributed by atoms with van der Waals surface area (Å²) in [7, 11) is -12.9. The highest BCUT2D eigenvalue weighted by Gasteiger charge is 2.37. The van der Waals surface area contributed by atoms with E-state index in [0.717, 1.165) is 21.4 Å². The van der Waals surface area contributed by atoms with Gasteiger partial charge >= 0.3 is 11.5 Å². The fourth-order valence-electron chi connectivity index (χ4n) is 9.42. The number of carbonyl (C=O) groups is 1. The largest absolute Gasteiger partial charge is 0.462 e. The molecule has 0 aliphatic rings. The highest BCUT2D eigenvalue weighted by Crippen LogP contribution is 2.33. The Morgan fingerprint density at radius 2 is 0.956 bits per heavy atom. The van der Waals surface area contributed by atoms with Gasteiger partial charge in [-0.25, -0.2) is 50.0 Å². The molecule has 0 atom stereocenters. The SMILES string of the molecule is CCOC(=O)c1c(NCc2ccc(N(S(=O)(=O)c3ccccc3)S(=O)(=O)c3ccccc3)cc2)c2c(C)ncnc2n(OCc2ccccc2)c1=O.Cc1ncnc2c1c(NCc1ccc(NS(=O)(=O)c3ccccc3)cc1)cc(=O)n2OCc1ccccc1. The Labute approximate surface area is 518 Å². The van der Waals surface area contributed by atoms with Crippen LogP contribution >= 0.6 is 0 Å². The molecule has 4 heterocycles. The smallest absolute Gasteiger partial charge is 0.346 e. The van der Waals surface area contributed by atoms with Crippen LogP contribution in [0.15, 0.2) is 243 Å². The van der Waals surface area contributed by atoms with Gasteiger partial charge in [-0.1, -0.05) is 140 Å². The molecule has 0 saturated heterocycles. The number of carbonyl (C=O) groups excluding carboxylic acids is 1. The van der Waals surface area contributed by atoms with E-state index in [2.05, 4.69) is 35.3 Å².